The summed E-state index contributed by atoms with van der Waals surface area (Å²) < 4.78 is 27.1. The highest BCUT2D eigenvalue weighted by Crippen LogP contribution is 2.36. The summed E-state index contributed by atoms with van der Waals surface area (Å²) in [6.07, 6.45) is 4.91. The molecule has 0 amide bonds. The molecule has 1 aliphatic heterocycles. The summed E-state index contributed by atoms with van der Waals surface area (Å²) >= 11 is 0. The van der Waals surface area contributed by atoms with Crippen molar-refractivity contribution in [1.82, 2.24) is 4.90 Å². The Morgan fingerprint density at radius 1 is 0.971 bits per heavy atom. The molecule has 4 rings (SSSR count). The molecule has 1 saturated heterocycles. The van der Waals surface area contributed by atoms with Gasteiger partial charge >= 0.3 is 0 Å². The van der Waals surface area contributed by atoms with Crippen molar-refractivity contribution in [3.8, 4) is 0 Å². The molecular weight excluding hydrogens is 430 g/mol. The van der Waals surface area contributed by atoms with Crippen molar-refractivity contribution in [1.29, 1.82) is 0 Å². The molecule has 2 atom stereocenters. The number of hydrogen-bond acceptors (Lipinski definition) is 3. The summed E-state index contributed by atoms with van der Waals surface area (Å²) in [7, 11) is 0. The van der Waals surface area contributed by atoms with Crippen LogP contribution in [0.3, 0.4) is 0 Å². The maximum Gasteiger partial charge on any atom is 0.126 e. The average Bonchev–Trinajstić information content (AvgIpc) is 3.27. The monoisotopic (exact) mass is 464 g/mol. The van der Waals surface area contributed by atoms with Gasteiger partial charge in [-0.15, -0.1) is 6.58 Å². The van der Waals surface area contributed by atoms with Crippen LogP contribution in [0.15, 0.2) is 91.5 Å². The lowest BCUT2D eigenvalue weighted by Crippen LogP contribution is -2.39. The zero-order chi connectivity index (χ0) is 24.3. The van der Waals surface area contributed by atoms with Crippen LogP contribution in [0.1, 0.15) is 42.0 Å². The van der Waals surface area contributed by atoms with Crippen LogP contribution in [0.4, 0.5) is 8.78 Å². The van der Waals surface area contributed by atoms with Crippen molar-refractivity contribution in [2.45, 2.75) is 43.8 Å². The average molecular weight is 465 g/mol. The Hall–Kier alpha value is -2.86. The van der Waals surface area contributed by atoms with Crippen molar-refractivity contribution < 1.29 is 13.9 Å². The number of nitrogens with zero attached hydrogens (tertiary/aromatic N) is 1. The first-order valence-electron chi connectivity index (χ1n) is 11.8. The predicted octanol–water partition coefficient (Wildman–Crippen LogP) is 5.64. The summed E-state index contributed by atoms with van der Waals surface area (Å²) in [6, 6.07) is 25.2. The molecule has 180 valence electrons. The molecule has 1 fully saturated rings. The summed E-state index contributed by atoms with van der Waals surface area (Å²) in [5, 5.41) is 7.76. The number of halogens is 2. The fourth-order valence-corrected chi connectivity index (χ4v) is 4.76. The van der Waals surface area contributed by atoms with Crippen LogP contribution in [-0.4, -0.2) is 35.2 Å². The maximum atomic E-state index is 13.5. The fourth-order valence-electron chi connectivity index (χ4n) is 4.76. The number of hydrogen-bond donors (Lipinski definition) is 2. The van der Waals surface area contributed by atoms with Gasteiger partial charge in [-0.1, -0.05) is 66.7 Å². The van der Waals surface area contributed by atoms with Gasteiger partial charge in [0.25, 0.3) is 0 Å². The van der Waals surface area contributed by atoms with E-state index < -0.39 is 11.6 Å². The summed E-state index contributed by atoms with van der Waals surface area (Å²) in [5.41, 5.74) is 9.62. The number of likely N-dealkylation sites (tertiary alicyclic amines) is 1. The van der Waals surface area contributed by atoms with Crippen molar-refractivity contribution in [2.24, 2.45) is 5.73 Å². The van der Waals surface area contributed by atoms with Crippen LogP contribution in [0.25, 0.3) is 0 Å². The molecule has 0 aliphatic carbocycles. The number of nitrogens with two attached hydrogens (primary N) is 1. The smallest absolute Gasteiger partial charge is 0.126 e. The highest BCUT2D eigenvalue weighted by molar-refractivity contribution is 5.32. The van der Waals surface area contributed by atoms with Gasteiger partial charge in [0.05, 0.1) is 12.6 Å². The summed E-state index contributed by atoms with van der Waals surface area (Å²) in [6.45, 7) is 4.33. The third kappa shape index (κ3) is 7.32. The lowest BCUT2D eigenvalue weighted by Gasteiger charge is -2.35. The van der Waals surface area contributed by atoms with E-state index in [1.54, 1.807) is 0 Å². The first kappa shape index (κ1) is 25.8. The zero-order valence-electron chi connectivity index (χ0n) is 19.5. The van der Waals surface area contributed by atoms with Gasteiger partial charge in [-0.2, -0.15) is 0 Å². The van der Waals surface area contributed by atoms with E-state index in [0.717, 1.165) is 31.9 Å². The molecule has 34 heavy (non-hydrogen) atoms. The molecule has 3 nitrogen and oxygen atoms in total. The minimum absolute atomic E-state index is 0.0833. The fraction of sp³-hybridized carbons (Fsp3) is 0.310. The quantitative estimate of drug-likeness (QED) is 0.424. The van der Waals surface area contributed by atoms with E-state index in [4.69, 9.17) is 10.8 Å². The lowest BCUT2D eigenvalue weighted by molar-refractivity contribution is 0.190. The lowest BCUT2D eigenvalue weighted by atomic mass is 9.94. The van der Waals surface area contributed by atoms with Crippen molar-refractivity contribution in [2.75, 3.05) is 13.2 Å². The van der Waals surface area contributed by atoms with Crippen LogP contribution < -0.4 is 5.73 Å². The molecular formula is C29H34F2N2O. The predicted molar refractivity (Wildman–Crippen MR) is 134 cm³/mol. The summed E-state index contributed by atoms with van der Waals surface area (Å²) in [5.74, 6) is -1.10. The van der Waals surface area contributed by atoms with Crippen LogP contribution in [0.2, 0.25) is 0 Å². The second-order valence-electron chi connectivity index (χ2n) is 8.71. The van der Waals surface area contributed by atoms with Gasteiger partial charge < -0.3 is 10.8 Å². The molecule has 5 heteroatoms. The van der Waals surface area contributed by atoms with Crippen molar-refractivity contribution in [3.05, 3.63) is 120 Å². The molecule has 0 saturated carbocycles. The van der Waals surface area contributed by atoms with E-state index in [1.165, 1.54) is 29.3 Å². The number of aliphatic hydroxyl groups excluding tert-OH is 1. The third-order valence-electron chi connectivity index (χ3n) is 6.11. The molecule has 1 heterocycles. The molecule has 1 aliphatic rings. The van der Waals surface area contributed by atoms with E-state index in [-0.39, 0.29) is 18.7 Å². The van der Waals surface area contributed by atoms with Crippen molar-refractivity contribution >= 4 is 0 Å². The molecule has 0 spiro atoms. The highest BCUT2D eigenvalue weighted by Gasteiger charge is 2.33. The standard InChI is InChI=1S/C26H28F2N2.C3H6O/c27-22-14-19(15-23(28)17-22)16-24(29)18-25-12-7-13-30(25)26(20-8-3-1-4-9-20)21-10-5-2-6-11-21;1-2-3-4/h1-6,8-11,14-15,17,24-26H,7,12-13,16,18,29H2;2,4H,1,3H2/t24-,25+;/m0./s1. The molecule has 0 bridgehead atoms. The second-order valence-corrected chi connectivity index (χ2v) is 8.71. The summed E-state index contributed by atoms with van der Waals surface area (Å²) in [4.78, 5) is 2.55. The van der Waals surface area contributed by atoms with E-state index >= 15 is 0 Å². The van der Waals surface area contributed by atoms with E-state index in [0.29, 0.717) is 18.0 Å². The van der Waals surface area contributed by atoms with E-state index in [2.05, 4.69) is 60.0 Å². The largest absolute Gasteiger partial charge is 0.392 e. The molecule has 3 aromatic carbocycles. The number of benzene rings is 3. The van der Waals surface area contributed by atoms with Gasteiger partial charge in [-0.05, 0) is 61.1 Å². The normalized spacial score (nSPS) is 16.7. The van der Waals surface area contributed by atoms with Crippen LogP contribution in [0.5, 0.6) is 0 Å². The Labute approximate surface area is 201 Å². The van der Waals surface area contributed by atoms with Gasteiger partial charge in [-0.25, -0.2) is 8.78 Å². The Bertz CT molecular complexity index is 953. The Morgan fingerprint density at radius 2 is 1.50 bits per heavy atom. The highest BCUT2D eigenvalue weighted by atomic mass is 19.1. The first-order valence-corrected chi connectivity index (χ1v) is 11.8. The minimum Gasteiger partial charge on any atom is -0.392 e. The number of aliphatic hydroxyl groups is 1. The first-order chi connectivity index (χ1) is 16.5. The van der Waals surface area contributed by atoms with Gasteiger partial charge in [0.2, 0.25) is 0 Å². The third-order valence-corrected chi connectivity index (χ3v) is 6.11. The second kappa shape index (κ2) is 13.1. The van der Waals surface area contributed by atoms with Crippen LogP contribution >= 0.6 is 0 Å². The maximum absolute atomic E-state index is 13.5. The topological polar surface area (TPSA) is 49.5 Å². The van der Waals surface area contributed by atoms with Gasteiger partial charge in [0, 0.05) is 18.2 Å². The van der Waals surface area contributed by atoms with Gasteiger partial charge in [-0.3, -0.25) is 4.90 Å². The molecule has 0 radical (unpaired) electrons. The van der Waals surface area contributed by atoms with E-state index in [1.807, 2.05) is 12.1 Å². The van der Waals surface area contributed by atoms with Crippen LogP contribution in [-0.2, 0) is 6.42 Å². The van der Waals surface area contributed by atoms with Crippen molar-refractivity contribution in [3.63, 3.8) is 0 Å². The molecule has 0 unspecified atom stereocenters. The zero-order valence-corrected chi connectivity index (χ0v) is 19.5. The Balaban J connectivity index is 0.000000751. The minimum atomic E-state index is -0.548. The van der Waals surface area contributed by atoms with Crippen LogP contribution in [0, 0.1) is 11.6 Å². The Kier molecular flexibility index (Phi) is 9.95. The van der Waals surface area contributed by atoms with Gasteiger partial charge in [0.15, 0.2) is 0 Å². The van der Waals surface area contributed by atoms with Gasteiger partial charge in [0.1, 0.15) is 11.6 Å². The Morgan fingerprint density at radius 3 is 2.00 bits per heavy atom. The molecule has 0 aromatic heterocycles. The molecule has 3 N–H and O–H groups in total. The van der Waals surface area contributed by atoms with E-state index in [9.17, 15) is 8.78 Å². The number of rotatable bonds is 8. The molecule has 3 aromatic rings. The SMILES string of the molecule is C=CCO.N[C@@H](Cc1cc(F)cc(F)c1)C[C@H]1CCCN1C(c1ccccc1)c1ccccc1.